The number of nitrogens with one attached hydrogen (secondary N) is 4. The van der Waals surface area contributed by atoms with Crippen molar-refractivity contribution in [2.45, 2.75) is 130 Å². The summed E-state index contributed by atoms with van der Waals surface area (Å²) in [6, 6.07) is -3.27. The summed E-state index contributed by atoms with van der Waals surface area (Å²) in [6.07, 6.45) is 12.7. The maximum Gasteiger partial charge on any atom is 0.315 e. The fourth-order valence-electron chi connectivity index (χ4n) is 7.82. The second-order valence-electron chi connectivity index (χ2n) is 16.5. The van der Waals surface area contributed by atoms with Crippen LogP contribution in [0.1, 0.15) is 107 Å². The third kappa shape index (κ3) is 8.97. The van der Waals surface area contributed by atoms with Crippen molar-refractivity contribution in [3.8, 4) is 12.3 Å². The molecule has 1 heterocycles. The van der Waals surface area contributed by atoms with E-state index in [9.17, 15) is 24.0 Å². The number of fused-ring (bicyclic) bond motifs is 1. The fourth-order valence-corrected chi connectivity index (χ4v) is 7.82. The molecule has 0 aromatic heterocycles. The number of terminal acetylenes is 1. The lowest BCUT2D eigenvalue weighted by Gasteiger charge is -2.62. The molecule has 0 radical (unpaired) electrons. The summed E-state index contributed by atoms with van der Waals surface area (Å²) < 4.78 is 0. The minimum Gasteiger partial charge on any atom is -0.346 e. The van der Waals surface area contributed by atoms with E-state index in [0.29, 0.717) is 24.8 Å². The molecule has 2 saturated carbocycles. The van der Waals surface area contributed by atoms with Gasteiger partial charge >= 0.3 is 6.03 Å². The number of carbonyl (C=O) groups is 5. The van der Waals surface area contributed by atoms with Gasteiger partial charge in [-0.2, -0.15) is 0 Å². The van der Waals surface area contributed by atoms with E-state index < -0.39 is 41.1 Å². The molecule has 0 bridgehead atoms. The van der Waals surface area contributed by atoms with Gasteiger partial charge < -0.3 is 26.2 Å². The van der Waals surface area contributed by atoms with Crippen molar-refractivity contribution < 1.29 is 24.0 Å². The minimum absolute atomic E-state index is 0.0334. The Bertz CT molecular complexity index is 1240. The molecule has 0 aromatic rings. The van der Waals surface area contributed by atoms with E-state index in [1.807, 2.05) is 34.6 Å². The topological polar surface area (TPSA) is 137 Å². The average molecular weight is 654 g/mol. The lowest BCUT2D eigenvalue weighted by atomic mass is 9.47. The van der Waals surface area contributed by atoms with Gasteiger partial charge in [-0.3, -0.25) is 19.2 Å². The molecular formula is C37H59N5O5. The largest absolute Gasteiger partial charge is 0.346 e. The molecule has 10 heteroatoms. The molecule has 3 fully saturated rings. The third-order valence-corrected chi connectivity index (χ3v) is 10.7. The Labute approximate surface area is 282 Å². The van der Waals surface area contributed by atoms with Gasteiger partial charge in [-0.05, 0) is 66.6 Å². The van der Waals surface area contributed by atoms with Gasteiger partial charge in [0.05, 0.1) is 6.04 Å². The first kappa shape index (κ1) is 38.1. The molecule has 1 aliphatic heterocycles. The molecule has 0 aromatic carbocycles. The summed E-state index contributed by atoms with van der Waals surface area (Å²) in [5, 5.41) is 11.6. The van der Waals surface area contributed by atoms with Gasteiger partial charge in [0.1, 0.15) is 12.1 Å². The Morgan fingerprint density at radius 3 is 2.32 bits per heavy atom. The molecular weight excluding hydrogens is 594 g/mol. The molecule has 262 valence electrons. The van der Waals surface area contributed by atoms with Gasteiger partial charge in [-0.25, -0.2) is 4.79 Å². The van der Waals surface area contributed by atoms with Crippen LogP contribution in [0.4, 0.5) is 4.79 Å². The van der Waals surface area contributed by atoms with E-state index in [1.165, 1.54) is 6.08 Å². The number of ketones is 1. The SMILES string of the molecule is C#CCCC(NC(=O)C1CC(C(C)C)CN1C(=O)C(NC(=O)NC12CCCCC1C(C(C)(C)C)C2)C(C)(C)C)C(=O)C(=O)NCC=C. The van der Waals surface area contributed by atoms with E-state index in [1.54, 1.807) is 4.90 Å². The number of hydrogen-bond donors (Lipinski definition) is 4. The highest BCUT2D eigenvalue weighted by molar-refractivity contribution is 6.38. The Kier molecular flexibility index (Phi) is 12.4. The van der Waals surface area contributed by atoms with E-state index in [0.717, 1.165) is 32.1 Å². The van der Waals surface area contributed by atoms with Crippen LogP contribution in [0, 0.1) is 46.8 Å². The van der Waals surface area contributed by atoms with Crippen molar-refractivity contribution in [1.82, 2.24) is 26.2 Å². The molecule has 5 amide bonds. The van der Waals surface area contributed by atoms with Crippen molar-refractivity contribution >= 4 is 29.5 Å². The van der Waals surface area contributed by atoms with Crippen LogP contribution in [0.5, 0.6) is 0 Å². The smallest absolute Gasteiger partial charge is 0.315 e. The molecule has 1 saturated heterocycles. The average Bonchev–Trinajstić information content (AvgIpc) is 3.43. The highest BCUT2D eigenvalue weighted by Gasteiger charge is 2.58. The van der Waals surface area contributed by atoms with Crippen LogP contribution in [0.3, 0.4) is 0 Å². The maximum atomic E-state index is 14.4. The van der Waals surface area contributed by atoms with Crippen molar-refractivity contribution in [1.29, 1.82) is 0 Å². The molecule has 4 N–H and O–H groups in total. The Morgan fingerprint density at radius 2 is 1.74 bits per heavy atom. The first-order valence-corrected chi connectivity index (χ1v) is 17.4. The summed E-state index contributed by atoms with van der Waals surface area (Å²) in [5.41, 5.74) is -0.759. The number of urea groups is 1. The number of nitrogens with zero attached hydrogens (tertiary/aromatic N) is 1. The molecule has 2 aliphatic carbocycles. The first-order chi connectivity index (χ1) is 21.9. The number of amides is 5. The zero-order valence-corrected chi connectivity index (χ0v) is 30.0. The molecule has 3 aliphatic rings. The molecule has 3 rings (SSSR count). The van der Waals surface area contributed by atoms with Gasteiger partial charge in [0, 0.05) is 25.0 Å². The van der Waals surface area contributed by atoms with Gasteiger partial charge in [0.15, 0.2) is 0 Å². The van der Waals surface area contributed by atoms with Crippen molar-refractivity contribution in [3.05, 3.63) is 12.7 Å². The predicted octanol–water partition coefficient (Wildman–Crippen LogP) is 4.34. The van der Waals surface area contributed by atoms with Crippen LogP contribution in [0.25, 0.3) is 0 Å². The van der Waals surface area contributed by atoms with Gasteiger partial charge in [0.25, 0.3) is 5.91 Å². The Morgan fingerprint density at radius 1 is 1.06 bits per heavy atom. The molecule has 47 heavy (non-hydrogen) atoms. The minimum atomic E-state index is -1.14. The van der Waals surface area contributed by atoms with E-state index >= 15 is 0 Å². The molecule has 7 unspecified atom stereocenters. The monoisotopic (exact) mass is 653 g/mol. The van der Waals surface area contributed by atoms with E-state index in [2.05, 4.69) is 54.5 Å². The summed E-state index contributed by atoms with van der Waals surface area (Å²) in [6.45, 7) is 20.6. The maximum absolute atomic E-state index is 14.4. The Balaban J connectivity index is 1.81. The lowest BCUT2D eigenvalue weighted by Crippen LogP contribution is -2.70. The fraction of sp³-hybridized carbons (Fsp3) is 0.757. The normalized spacial score (nSPS) is 26.9. The predicted molar refractivity (Wildman–Crippen MR) is 184 cm³/mol. The zero-order chi connectivity index (χ0) is 35.3. The molecule has 0 spiro atoms. The van der Waals surface area contributed by atoms with E-state index in [4.69, 9.17) is 6.42 Å². The Hall–Kier alpha value is -3.35. The van der Waals surface area contributed by atoms with Crippen LogP contribution < -0.4 is 21.3 Å². The highest BCUT2D eigenvalue weighted by Crippen LogP contribution is 2.58. The summed E-state index contributed by atoms with van der Waals surface area (Å²) >= 11 is 0. The van der Waals surface area contributed by atoms with Crippen molar-refractivity contribution in [2.75, 3.05) is 13.1 Å². The van der Waals surface area contributed by atoms with Gasteiger partial charge in [-0.1, -0.05) is 74.3 Å². The number of carbonyl (C=O) groups excluding carboxylic acids is 5. The summed E-state index contributed by atoms with van der Waals surface area (Å²) in [4.78, 5) is 68.9. The second kappa shape index (κ2) is 15.3. The third-order valence-electron chi connectivity index (χ3n) is 10.7. The van der Waals surface area contributed by atoms with E-state index in [-0.39, 0.29) is 54.1 Å². The standard InChI is InChI=1S/C37H59N5O5/c1-11-13-17-27(29(43)32(45)38-19-12-2)39-31(44)28-20-24(23(3)4)22-42(28)33(46)30(36(8,9)10)40-34(47)41-37-18-15-14-16-25(37)26(21-37)35(5,6)7/h1,12,23-28,30H,2,13-22H2,3-10H3,(H,38,45)(H,39,44)(H2,40,41,47). The molecule has 10 nitrogen and oxygen atoms in total. The number of Topliss-reactive ketones (excluding diaryl/α,β-unsaturated/α-hetero) is 1. The first-order valence-electron chi connectivity index (χ1n) is 17.4. The van der Waals surface area contributed by atoms with Gasteiger partial charge in [0.2, 0.25) is 17.6 Å². The summed E-state index contributed by atoms with van der Waals surface area (Å²) in [7, 11) is 0. The highest BCUT2D eigenvalue weighted by atomic mass is 16.2. The summed E-state index contributed by atoms with van der Waals surface area (Å²) in [5.74, 6) is 1.13. The quantitative estimate of drug-likeness (QED) is 0.141. The second-order valence-corrected chi connectivity index (χ2v) is 16.5. The lowest BCUT2D eigenvalue weighted by molar-refractivity contribution is -0.143. The van der Waals surface area contributed by atoms with Crippen LogP contribution >= 0.6 is 0 Å². The van der Waals surface area contributed by atoms with Crippen LogP contribution in [-0.4, -0.2) is 71.2 Å². The van der Waals surface area contributed by atoms with Crippen molar-refractivity contribution in [3.63, 3.8) is 0 Å². The van der Waals surface area contributed by atoms with Gasteiger partial charge in [-0.15, -0.1) is 18.9 Å². The number of rotatable bonds is 12. The van der Waals surface area contributed by atoms with Crippen LogP contribution in [-0.2, 0) is 19.2 Å². The number of likely N-dealkylation sites (tertiary alicyclic amines) is 1. The number of hydrogen-bond acceptors (Lipinski definition) is 5. The zero-order valence-electron chi connectivity index (χ0n) is 30.0. The van der Waals surface area contributed by atoms with Crippen LogP contribution in [0.15, 0.2) is 12.7 Å². The van der Waals surface area contributed by atoms with Crippen LogP contribution in [0.2, 0.25) is 0 Å². The molecule has 7 atom stereocenters. The van der Waals surface area contributed by atoms with Crippen molar-refractivity contribution in [2.24, 2.45) is 34.5 Å².